The van der Waals surface area contributed by atoms with Crippen LogP contribution in [-0.4, -0.2) is 37.4 Å². The van der Waals surface area contributed by atoms with E-state index in [2.05, 4.69) is 9.97 Å². The highest BCUT2D eigenvalue weighted by atomic mass is 31.2. The molecule has 0 aliphatic rings. The molecule has 7 nitrogen and oxygen atoms in total. The Balaban J connectivity index is 2.07. The van der Waals surface area contributed by atoms with Gasteiger partial charge in [0.2, 0.25) is 0 Å². The summed E-state index contributed by atoms with van der Waals surface area (Å²) in [5, 5.41) is 1.34. The van der Waals surface area contributed by atoms with Crippen LogP contribution in [0.15, 0.2) is 42.7 Å². The number of aromatic nitrogens is 2. The lowest BCUT2D eigenvalue weighted by Crippen LogP contribution is -2.10. The Morgan fingerprint density at radius 2 is 1.50 bits per heavy atom. The molecule has 28 heavy (non-hydrogen) atoms. The van der Waals surface area contributed by atoms with E-state index in [0.29, 0.717) is 30.0 Å². The number of fused-ring (bicyclic) bond motifs is 1. The first-order chi connectivity index (χ1) is 13.6. The summed E-state index contributed by atoms with van der Waals surface area (Å²) in [6, 6.07) is 10.8. The van der Waals surface area contributed by atoms with Crippen LogP contribution in [0.4, 0.5) is 0 Å². The van der Waals surface area contributed by atoms with Gasteiger partial charge in [0.15, 0.2) is 11.5 Å². The van der Waals surface area contributed by atoms with Gasteiger partial charge in [0.1, 0.15) is 6.33 Å². The molecule has 0 N–H and O–H groups in total. The monoisotopic (exact) mass is 402 g/mol. The first-order valence-corrected chi connectivity index (χ1v) is 10.5. The predicted octanol–water partition coefficient (Wildman–Crippen LogP) is 4.21. The summed E-state index contributed by atoms with van der Waals surface area (Å²) in [7, 11) is -0.157. The van der Waals surface area contributed by atoms with Gasteiger partial charge in [-0.05, 0) is 32.0 Å². The smallest absolute Gasteiger partial charge is 0.361 e. The van der Waals surface area contributed by atoms with Crippen LogP contribution < -0.4 is 14.8 Å². The van der Waals surface area contributed by atoms with Gasteiger partial charge < -0.3 is 18.5 Å². The second-order valence-electron chi connectivity index (χ2n) is 5.83. The summed E-state index contributed by atoms with van der Waals surface area (Å²) in [6.45, 7) is 4.18. The maximum Gasteiger partial charge on any atom is 0.361 e. The summed E-state index contributed by atoms with van der Waals surface area (Å²) in [5.41, 5.74) is 2.32. The Morgan fingerprint density at radius 1 is 0.893 bits per heavy atom. The average molecular weight is 402 g/mol. The van der Waals surface area contributed by atoms with Crippen LogP contribution in [0.5, 0.6) is 11.5 Å². The molecule has 148 valence electrons. The van der Waals surface area contributed by atoms with E-state index in [4.69, 9.17) is 18.5 Å². The highest BCUT2D eigenvalue weighted by Gasteiger charge is 2.26. The van der Waals surface area contributed by atoms with Gasteiger partial charge in [-0.15, -0.1) is 0 Å². The number of ether oxygens (including phenoxy) is 2. The molecular formula is C20H23N2O5P. The summed E-state index contributed by atoms with van der Waals surface area (Å²) in [6.07, 6.45) is 1.50. The molecule has 0 bridgehead atoms. The Kier molecular flexibility index (Phi) is 6.29. The minimum Gasteiger partial charge on any atom is -0.493 e. The Morgan fingerprint density at radius 3 is 2.07 bits per heavy atom. The lowest BCUT2D eigenvalue weighted by Gasteiger charge is -2.17. The van der Waals surface area contributed by atoms with Crippen molar-refractivity contribution in [3.8, 4) is 22.8 Å². The van der Waals surface area contributed by atoms with Crippen molar-refractivity contribution in [2.24, 2.45) is 0 Å². The first kappa shape index (κ1) is 20.3. The summed E-state index contributed by atoms with van der Waals surface area (Å²) >= 11 is 0. The largest absolute Gasteiger partial charge is 0.493 e. The van der Waals surface area contributed by atoms with Gasteiger partial charge in [-0.3, -0.25) is 4.57 Å². The fourth-order valence-corrected chi connectivity index (χ4v) is 4.51. The van der Waals surface area contributed by atoms with Crippen molar-refractivity contribution in [1.29, 1.82) is 0 Å². The van der Waals surface area contributed by atoms with E-state index >= 15 is 0 Å². The fourth-order valence-electron chi connectivity index (χ4n) is 2.94. The third kappa shape index (κ3) is 3.87. The van der Waals surface area contributed by atoms with Crippen molar-refractivity contribution in [3.63, 3.8) is 0 Å². The molecule has 0 fully saturated rings. The second kappa shape index (κ2) is 8.69. The molecule has 8 heteroatoms. The number of nitrogens with zero attached hydrogens (tertiary/aromatic N) is 2. The lowest BCUT2D eigenvalue weighted by atomic mass is 10.1. The number of hydrogen-bond donors (Lipinski definition) is 0. The van der Waals surface area contributed by atoms with Gasteiger partial charge in [-0.1, -0.05) is 12.1 Å². The van der Waals surface area contributed by atoms with Gasteiger partial charge in [0.05, 0.1) is 43.9 Å². The molecule has 1 aromatic heterocycles. The molecule has 0 radical (unpaired) electrons. The van der Waals surface area contributed by atoms with Crippen LogP contribution in [0, 0.1) is 0 Å². The summed E-state index contributed by atoms with van der Waals surface area (Å²) in [5.74, 6) is 1.20. The van der Waals surface area contributed by atoms with Crippen molar-refractivity contribution in [2.75, 3.05) is 27.4 Å². The van der Waals surface area contributed by atoms with Crippen LogP contribution in [0.3, 0.4) is 0 Å². The molecule has 2 aromatic carbocycles. The van der Waals surface area contributed by atoms with E-state index in [1.165, 1.54) is 6.33 Å². The van der Waals surface area contributed by atoms with E-state index in [0.717, 1.165) is 22.2 Å². The van der Waals surface area contributed by atoms with E-state index in [-0.39, 0.29) is 0 Å². The highest BCUT2D eigenvalue weighted by molar-refractivity contribution is 7.62. The molecule has 1 heterocycles. The van der Waals surface area contributed by atoms with E-state index < -0.39 is 7.60 Å². The van der Waals surface area contributed by atoms with Crippen molar-refractivity contribution < 1.29 is 23.1 Å². The molecular weight excluding hydrogens is 379 g/mol. The van der Waals surface area contributed by atoms with Crippen molar-refractivity contribution in [2.45, 2.75) is 13.8 Å². The second-order valence-corrected chi connectivity index (χ2v) is 7.85. The Hall–Kier alpha value is -2.47. The standard InChI is InChI=1S/C20H23N2O5P/c1-5-26-28(23,27-6-2)15-9-7-14(8-10-15)20-16-11-18(24-3)19(25-4)12-17(16)21-13-22-20/h7-13H,5-6H2,1-4H3. The third-order valence-corrected chi connectivity index (χ3v) is 6.32. The molecule has 0 saturated carbocycles. The third-order valence-electron chi connectivity index (χ3n) is 4.20. The van der Waals surface area contributed by atoms with Crippen LogP contribution in [0.25, 0.3) is 22.2 Å². The molecule has 0 amide bonds. The van der Waals surface area contributed by atoms with Crippen LogP contribution in [0.2, 0.25) is 0 Å². The highest BCUT2D eigenvalue weighted by Crippen LogP contribution is 2.47. The molecule has 0 saturated heterocycles. The zero-order chi connectivity index (χ0) is 20.1. The molecule has 0 spiro atoms. The fraction of sp³-hybridized carbons (Fsp3) is 0.300. The van der Waals surface area contributed by atoms with Crippen molar-refractivity contribution >= 4 is 23.8 Å². The van der Waals surface area contributed by atoms with E-state index in [1.54, 1.807) is 40.2 Å². The van der Waals surface area contributed by atoms with Crippen LogP contribution in [0.1, 0.15) is 13.8 Å². The van der Waals surface area contributed by atoms with Crippen LogP contribution >= 0.6 is 7.60 Å². The Labute approximate surface area is 164 Å². The SMILES string of the molecule is CCOP(=O)(OCC)c1ccc(-c2ncnc3cc(OC)c(OC)cc23)cc1. The minimum absolute atomic E-state index is 0.303. The zero-order valence-corrected chi connectivity index (χ0v) is 17.2. The van der Waals surface area contributed by atoms with E-state index in [9.17, 15) is 4.57 Å². The molecule has 3 aromatic rings. The minimum atomic E-state index is -3.32. The lowest BCUT2D eigenvalue weighted by molar-refractivity contribution is 0.230. The number of methoxy groups -OCH3 is 2. The molecule has 0 aliphatic heterocycles. The quantitative estimate of drug-likeness (QED) is 0.522. The van der Waals surface area contributed by atoms with Crippen LogP contribution in [-0.2, 0) is 13.6 Å². The maximum absolute atomic E-state index is 12.9. The van der Waals surface area contributed by atoms with Gasteiger partial charge >= 0.3 is 7.60 Å². The summed E-state index contributed by atoms with van der Waals surface area (Å²) < 4.78 is 34.5. The molecule has 0 atom stereocenters. The van der Waals surface area contributed by atoms with Crippen molar-refractivity contribution in [3.05, 3.63) is 42.7 Å². The van der Waals surface area contributed by atoms with Gasteiger partial charge in [0.25, 0.3) is 0 Å². The van der Waals surface area contributed by atoms with Gasteiger partial charge in [-0.2, -0.15) is 0 Å². The van der Waals surface area contributed by atoms with E-state index in [1.807, 2.05) is 24.3 Å². The van der Waals surface area contributed by atoms with Crippen molar-refractivity contribution in [1.82, 2.24) is 9.97 Å². The topological polar surface area (TPSA) is 79.8 Å². The molecule has 0 aliphatic carbocycles. The zero-order valence-electron chi connectivity index (χ0n) is 16.3. The number of benzene rings is 2. The number of rotatable bonds is 8. The predicted molar refractivity (Wildman–Crippen MR) is 109 cm³/mol. The molecule has 0 unspecified atom stereocenters. The first-order valence-electron chi connectivity index (χ1n) is 8.93. The summed E-state index contributed by atoms with van der Waals surface area (Å²) in [4.78, 5) is 8.76. The maximum atomic E-state index is 12.9. The van der Waals surface area contributed by atoms with Gasteiger partial charge in [-0.25, -0.2) is 9.97 Å². The average Bonchev–Trinajstić information content (AvgIpc) is 2.72. The normalized spacial score (nSPS) is 11.6. The molecule has 3 rings (SSSR count). The Bertz CT molecular complexity index is 997. The number of hydrogen-bond acceptors (Lipinski definition) is 7. The van der Waals surface area contributed by atoms with Gasteiger partial charge in [0, 0.05) is 17.0 Å².